The van der Waals surface area contributed by atoms with E-state index < -0.39 is 0 Å². The van der Waals surface area contributed by atoms with E-state index in [9.17, 15) is 9.59 Å². The van der Waals surface area contributed by atoms with Crippen LogP contribution in [0.15, 0.2) is 66.1 Å². The first-order valence-electron chi connectivity index (χ1n) is 10.3. The standard InChI is InChI=1S/C24H28N4O2S/c1-5-19-10-6-7-12-21(19)26-22(29)16-27(4)23(30)18(3)31-24-25-13-14-28(24)20-11-8-9-17(2)15-20/h6-15,18H,5,16H2,1-4H3,(H,26,29). The molecule has 0 aliphatic rings. The maximum Gasteiger partial charge on any atom is 0.243 e. The van der Waals surface area contributed by atoms with Gasteiger partial charge in [-0.15, -0.1) is 0 Å². The number of hydrogen-bond acceptors (Lipinski definition) is 4. The first kappa shape index (κ1) is 22.6. The van der Waals surface area contributed by atoms with Gasteiger partial charge in [0, 0.05) is 30.8 Å². The molecule has 0 bridgehead atoms. The molecule has 0 saturated carbocycles. The SMILES string of the molecule is CCc1ccccc1NC(=O)CN(C)C(=O)C(C)Sc1nccn1-c1cccc(C)c1. The van der Waals surface area contributed by atoms with Gasteiger partial charge in [0.1, 0.15) is 0 Å². The van der Waals surface area contributed by atoms with Crippen molar-refractivity contribution in [3.05, 3.63) is 72.1 Å². The van der Waals surface area contributed by atoms with E-state index >= 15 is 0 Å². The summed E-state index contributed by atoms with van der Waals surface area (Å²) in [5.41, 5.74) is 4.01. The average molecular weight is 437 g/mol. The smallest absolute Gasteiger partial charge is 0.243 e. The predicted octanol–water partition coefficient (Wildman–Crippen LogP) is 4.32. The maximum atomic E-state index is 12.9. The molecule has 2 amide bonds. The fourth-order valence-electron chi connectivity index (χ4n) is 3.30. The molecule has 1 atom stereocenters. The fourth-order valence-corrected chi connectivity index (χ4v) is 4.30. The third kappa shape index (κ3) is 5.76. The van der Waals surface area contributed by atoms with Gasteiger partial charge in [-0.25, -0.2) is 4.98 Å². The van der Waals surface area contributed by atoms with Gasteiger partial charge >= 0.3 is 0 Å². The molecule has 0 aliphatic heterocycles. The van der Waals surface area contributed by atoms with Crippen LogP contribution in [-0.2, 0) is 16.0 Å². The fraction of sp³-hybridized carbons (Fsp3) is 0.292. The highest BCUT2D eigenvalue weighted by Gasteiger charge is 2.23. The molecule has 1 N–H and O–H groups in total. The van der Waals surface area contributed by atoms with Gasteiger partial charge in [0.25, 0.3) is 0 Å². The van der Waals surface area contributed by atoms with Crippen molar-refractivity contribution in [2.75, 3.05) is 18.9 Å². The number of amides is 2. The van der Waals surface area contributed by atoms with Gasteiger partial charge in [-0.1, -0.05) is 49.0 Å². The van der Waals surface area contributed by atoms with Crippen LogP contribution in [-0.4, -0.2) is 45.1 Å². The first-order valence-corrected chi connectivity index (χ1v) is 11.2. The lowest BCUT2D eigenvalue weighted by molar-refractivity contribution is -0.132. The maximum absolute atomic E-state index is 12.9. The lowest BCUT2D eigenvalue weighted by atomic mass is 10.1. The second kappa shape index (κ2) is 10.3. The molecule has 7 heteroatoms. The van der Waals surface area contributed by atoms with E-state index in [0.29, 0.717) is 0 Å². The number of aromatic nitrogens is 2. The summed E-state index contributed by atoms with van der Waals surface area (Å²) < 4.78 is 1.97. The molecule has 6 nitrogen and oxygen atoms in total. The Hall–Kier alpha value is -3.06. The molecule has 3 aromatic rings. The Bertz CT molecular complexity index is 1060. The number of carbonyl (C=O) groups is 2. The summed E-state index contributed by atoms with van der Waals surface area (Å²) in [6.45, 7) is 5.91. The topological polar surface area (TPSA) is 67.2 Å². The van der Waals surface area contributed by atoms with Crippen LogP contribution in [0, 0.1) is 6.92 Å². The van der Waals surface area contributed by atoms with Crippen LogP contribution >= 0.6 is 11.8 Å². The van der Waals surface area contributed by atoms with Crippen LogP contribution < -0.4 is 5.32 Å². The number of rotatable bonds is 8. The second-order valence-corrected chi connectivity index (χ2v) is 8.74. The molecule has 1 aromatic heterocycles. The molecule has 162 valence electrons. The van der Waals surface area contributed by atoms with E-state index in [4.69, 9.17) is 0 Å². The second-order valence-electron chi connectivity index (χ2n) is 7.43. The van der Waals surface area contributed by atoms with Crippen LogP contribution in [0.1, 0.15) is 25.0 Å². The number of benzene rings is 2. The Balaban J connectivity index is 1.61. The highest BCUT2D eigenvalue weighted by atomic mass is 32.2. The normalized spacial score (nSPS) is 11.7. The summed E-state index contributed by atoms with van der Waals surface area (Å²) >= 11 is 1.38. The predicted molar refractivity (Wildman–Crippen MR) is 126 cm³/mol. The molecule has 0 spiro atoms. The number of nitrogens with one attached hydrogen (secondary N) is 1. The molecule has 3 rings (SSSR count). The number of nitrogens with zero attached hydrogens (tertiary/aromatic N) is 3. The summed E-state index contributed by atoms with van der Waals surface area (Å²) in [4.78, 5) is 31.2. The van der Waals surface area contributed by atoms with Crippen LogP contribution in [0.3, 0.4) is 0 Å². The molecule has 31 heavy (non-hydrogen) atoms. The average Bonchev–Trinajstić information content (AvgIpc) is 3.21. The molecular formula is C24H28N4O2S. The van der Waals surface area contributed by atoms with Gasteiger partial charge in [0.2, 0.25) is 11.8 Å². The van der Waals surface area contributed by atoms with Crippen molar-refractivity contribution in [3.8, 4) is 5.69 Å². The Kier molecular flexibility index (Phi) is 7.52. The largest absolute Gasteiger partial charge is 0.335 e. The number of imidazole rings is 1. The number of carbonyl (C=O) groups excluding carboxylic acids is 2. The zero-order valence-electron chi connectivity index (χ0n) is 18.3. The van der Waals surface area contributed by atoms with Gasteiger partial charge in [0.15, 0.2) is 5.16 Å². The van der Waals surface area contributed by atoms with E-state index in [1.807, 2.05) is 74.0 Å². The van der Waals surface area contributed by atoms with Crippen LogP contribution in [0.5, 0.6) is 0 Å². The Morgan fingerprint density at radius 3 is 2.71 bits per heavy atom. The van der Waals surface area contributed by atoms with Crippen LogP contribution in [0.25, 0.3) is 5.69 Å². The lowest BCUT2D eigenvalue weighted by Gasteiger charge is -2.21. The summed E-state index contributed by atoms with van der Waals surface area (Å²) in [6, 6.07) is 15.8. The number of aryl methyl sites for hydroxylation is 2. The number of anilines is 1. The van der Waals surface area contributed by atoms with Crippen molar-refractivity contribution in [3.63, 3.8) is 0 Å². The van der Waals surface area contributed by atoms with Crippen LogP contribution in [0.4, 0.5) is 5.69 Å². The van der Waals surface area contributed by atoms with Crippen molar-refractivity contribution in [2.24, 2.45) is 0 Å². The molecule has 2 aromatic carbocycles. The summed E-state index contributed by atoms with van der Waals surface area (Å²) in [5.74, 6) is -0.335. The lowest BCUT2D eigenvalue weighted by Crippen LogP contribution is -2.39. The number of para-hydroxylation sites is 1. The minimum absolute atomic E-state index is 0.00585. The molecule has 1 unspecified atom stereocenters. The van der Waals surface area contributed by atoms with Crippen molar-refractivity contribution in [2.45, 2.75) is 37.6 Å². The van der Waals surface area contributed by atoms with E-state index in [-0.39, 0.29) is 23.6 Å². The zero-order valence-corrected chi connectivity index (χ0v) is 19.1. The van der Waals surface area contributed by atoms with Gasteiger partial charge in [-0.05, 0) is 49.6 Å². The molecule has 1 heterocycles. The highest BCUT2D eigenvalue weighted by Crippen LogP contribution is 2.26. The first-order chi connectivity index (χ1) is 14.9. The zero-order chi connectivity index (χ0) is 22.4. The van der Waals surface area contributed by atoms with Crippen LogP contribution in [0.2, 0.25) is 0 Å². The summed E-state index contributed by atoms with van der Waals surface area (Å²) in [7, 11) is 1.65. The quantitative estimate of drug-likeness (QED) is 0.534. The van der Waals surface area contributed by atoms with Crippen molar-refractivity contribution in [1.29, 1.82) is 0 Å². The minimum atomic E-state index is -0.383. The highest BCUT2D eigenvalue weighted by molar-refractivity contribution is 8.00. The Morgan fingerprint density at radius 2 is 1.97 bits per heavy atom. The number of likely N-dealkylation sites (N-methyl/N-ethyl adjacent to an activating group) is 1. The van der Waals surface area contributed by atoms with Crippen molar-refractivity contribution in [1.82, 2.24) is 14.5 Å². The van der Waals surface area contributed by atoms with Gasteiger partial charge < -0.3 is 10.2 Å². The molecule has 0 aliphatic carbocycles. The molecular weight excluding hydrogens is 408 g/mol. The molecule has 0 fully saturated rings. The van der Waals surface area contributed by atoms with Crippen molar-refractivity contribution < 1.29 is 9.59 Å². The van der Waals surface area contributed by atoms with E-state index in [1.165, 1.54) is 16.7 Å². The van der Waals surface area contributed by atoms with Gasteiger partial charge in [0.05, 0.1) is 11.8 Å². The van der Waals surface area contributed by atoms with Crippen molar-refractivity contribution >= 4 is 29.3 Å². The van der Waals surface area contributed by atoms with Gasteiger partial charge in [-0.2, -0.15) is 0 Å². The molecule has 0 radical (unpaired) electrons. The number of thioether (sulfide) groups is 1. The third-order valence-corrected chi connectivity index (χ3v) is 6.01. The monoisotopic (exact) mass is 436 g/mol. The van der Waals surface area contributed by atoms with E-state index in [1.54, 1.807) is 13.2 Å². The summed E-state index contributed by atoms with van der Waals surface area (Å²) in [5, 5.41) is 3.27. The molecule has 0 saturated heterocycles. The Labute approximate surface area is 187 Å². The number of hydrogen-bond donors (Lipinski definition) is 1. The van der Waals surface area contributed by atoms with Gasteiger partial charge in [-0.3, -0.25) is 14.2 Å². The van der Waals surface area contributed by atoms with E-state index in [0.717, 1.165) is 34.1 Å². The summed E-state index contributed by atoms with van der Waals surface area (Å²) in [6.07, 6.45) is 4.44. The minimum Gasteiger partial charge on any atom is -0.335 e. The third-order valence-electron chi connectivity index (χ3n) is 4.95. The Morgan fingerprint density at radius 1 is 1.19 bits per heavy atom. The van der Waals surface area contributed by atoms with E-state index in [2.05, 4.69) is 16.4 Å².